The molecule has 0 aliphatic rings. The number of anilines is 1. The molecule has 86 valence electrons. The van der Waals surface area contributed by atoms with Crippen LogP contribution in [0, 0.1) is 0 Å². The Kier molecular flexibility index (Phi) is 13.6. The van der Waals surface area contributed by atoms with Crippen molar-refractivity contribution in [3.8, 4) is 0 Å². The fourth-order valence-corrected chi connectivity index (χ4v) is 1.03. The van der Waals surface area contributed by atoms with Crippen LogP contribution in [-0.4, -0.2) is 13.3 Å². The van der Waals surface area contributed by atoms with Crippen molar-refractivity contribution < 1.29 is 4.79 Å². The molecule has 0 radical (unpaired) electrons. The summed E-state index contributed by atoms with van der Waals surface area (Å²) < 4.78 is 0. The zero-order valence-corrected chi connectivity index (χ0v) is 10.5. The Morgan fingerprint density at radius 2 is 1.67 bits per heavy atom. The monoisotopic (exact) mass is 209 g/mol. The Labute approximate surface area is 93.7 Å². The van der Waals surface area contributed by atoms with Gasteiger partial charge in [-0.25, -0.2) is 0 Å². The maximum absolute atomic E-state index is 10.2. The van der Waals surface area contributed by atoms with E-state index < -0.39 is 0 Å². The van der Waals surface area contributed by atoms with Crippen molar-refractivity contribution >= 4 is 12.0 Å². The maximum Gasteiger partial charge on any atom is 0.124 e. The summed E-state index contributed by atoms with van der Waals surface area (Å²) in [5.74, 6) is 0. The number of aldehydes is 1. The summed E-state index contributed by atoms with van der Waals surface area (Å²) in [6, 6.07) is 7.78. The molecule has 2 heteroatoms. The van der Waals surface area contributed by atoms with Gasteiger partial charge in [-0.1, -0.05) is 45.9 Å². The molecule has 0 saturated carbocycles. The first kappa shape index (κ1) is 16.1. The fourth-order valence-electron chi connectivity index (χ4n) is 1.03. The summed E-state index contributed by atoms with van der Waals surface area (Å²) >= 11 is 0. The van der Waals surface area contributed by atoms with Gasteiger partial charge in [0.25, 0.3) is 0 Å². The number of nitrogens with one attached hydrogen (secondary N) is 1. The molecule has 1 rings (SSSR count). The quantitative estimate of drug-likeness (QED) is 0.772. The average molecular weight is 209 g/mol. The minimum absolute atomic E-state index is 0.483. The second kappa shape index (κ2) is 12.7. The van der Waals surface area contributed by atoms with Gasteiger partial charge in [0, 0.05) is 19.2 Å². The standard InChI is InChI=1S/C9H11NO.2C2H6/c1-10-9-5-3-2-4-8(9)6-7-11;2*1-2/h2-5,7,10H,6H2,1H3;2*1-2H3. The highest BCUT2D eigenvalue weighted by molar-refractivity contribution is 5.62. The van der Waals surface area contributed by atoms with Crippen LogP contribution in [0.25, 0.3) is 0 Å². The van der Waals surface area contributed by atoms with Crippen molar-refractivity contribution in [2.45, 2.75) is 34.1 Å². The second-order valence-corrected chi connectivity index (χ2v) is 2.28. The molecule has 1 aromatic carbocycles. The molecule has 1 N–H and O–H groups in total. The summed E-state index contributed by atoms with van der Waals surface area (Å²) in [5, 5.41) is 3.02. The van der Waals surface area contributed by atoms with E-state index in [9.17, 15) is 4.79 Å². The summed E-state index contributed by atoms with van der Waals surface area (Å²) in [4.78, 5) is 10.2. The molecule has 0 fully saturated rings. The van der Waals surface area contributed by atoms with Crippen molar-refractivity contribution in [1.29, 1.82) is 0 Å². The molecule has 0 atom stereocenters. The Balaban J connectivity index is 0. The van der Waals surface area contributed by atoms with Crippen LogP contribution in [0.3, 0.4) is 0 Å². The topological polar surface area (TPSA) is 29.1 Å². The van der Waals surface area contributed by atoms with Crippen LogP contribution in [0.2, 0.25) is 0 Å². The van der Waals surface area contributed by atoms with Crippen LogP contribution in [0.15, 0.2) is 24.3 Å². The van der Waals surface area contributed by atoms with Gasteiger partial charge < -0.3 is 10.1 Å². The Morgan fingerprint density at radius 1 is 1.13 bits per heavy atom. The first-order valence-electron chi connectivity index (χ1n) is 5.57. The van der Waals surface area contributed by atoms with E-state index in [1.807, 2.05) is 59.0 Å². The largest absolute Gasteiger partial charge is 0.388 e. The van der Waals surface area contributed by atoms with Crippen molar-refractivity contribution in [2.75, 3.05) is 12.4 Å². The lowest BCUT2D eigenvalue weighted by atomic mass is 10.1. The van der Waals surface area contributed by atoms with Gasteiger partial charge in [0.2, 0.25) is 0 Å². The lowest BCUT2D eigenvalue weighted by Crippen LogP contribution is -1.95. The van der Waals surface area contributed by atoms with Gasteiger partial charge in [0.15, 0.2) is 0 Å². The third-order valence-electron chi connectivity index (χ3n) is 1.59. The predicted molar refractivity (Wildman–Crippen MR) is 68.5 cm³/mol. The second-order valence-electron chi connectivity index (χ2n) is 2.28. The van der Waals surface area contributed by atoms with Crippen LogP contribution in [-0.2, 0) is 11.2 Å². The Bertz CT molecular complexity index is 246. The summed E-state index contributed by atoms with van der Waals surface area (Å²) in [6.45, 7) is 8.00. The van der Waals surface area contributed by atoms with E-state index in [0.29, 0.717) is 6.42 Å². The number of hydrogen-bond donors (Lipinski definition) is 1. The van der Waals surface area contributed by atoms with Crippen molar-refractivity contribution in [2.24, 2.45) is 0 Å². The molecule has 0 bridgehead atoms. The highest BCUT2D eigenvalue weighted by Crippen LogP contribution is 2.13. The highest BCUT2D eigenvalue weighted by atomic mass is 16.1. The number of para-hydroxylation sites is 1. The molecule has 0 aliphatic heterocycles. The Hall–Kier alpha value is -1.31. The first-order valence-corrected chi connectivity index (χ1v) is 5.57. The van der Waals surface area contributed by atoms with Crippen molar-refractivity contribution in [3.63, 3.8) is 0 Å². The summed E-state index contributed by atoms with van der Waals surface area (Å²) in [5.41, 5.74) is 2.07. The van der Waals surface area contributed by atoms with E-state index in [-0.39, 0.29) is 0 Å². The SMILES string of the molecule is CC.CC.CNc1ccccc1CC=O. The van der Waals surface area contributed by atoms with E-state index in [0.717, 1.165) is 17.5 Å². The molecule has 1 aromatic rings. The average Bonchev–Trinajstić information content (AvgIpc) is 2.35. The minimum atomic E-state index is 0.483. The minimum Gasteiger partial charge on any atom is -0.388 e. The van der Waals surface area contributed by atoms with Gasteiger partial charge in [-0.3, -0.25) is 0 Å². The Morgan fingerprint density at radius 3 is 2.13 bits per heavy atom. The lowest BCUT2D eigenvalue weighted by molar-refractivity contribution is -0.107. The smallest absolute Gasteiger partial charge is 0.124 e. The zero-order valence-electron chi connectivity index (χ0n) is 10.5. The number of hydrogen-bond acceptors (Lipinski definition) is 2. The highest BCUT2D eigenvalue weighted by Gasteiger charge is 1.96. The van der Waals surface area contributed by atoms with E-state index in [2.05, 4.69) is 5.32 Å². The summed E-state index contributed by atoms with van der Waals surface area (Å²) in [7, 11) is 1.85. The van der Waals surface area contributed by atoms with Crippen LogP contribution in [0.5, 0.6) is 0 Å². The molecule has 0 heterocycles. The maximum atomic E-state index is 10.2. The predicted octanol–water partition coefficient (Wildman–Crippen LogP) is 3.52. The van der Waals surface area contributed by atoms with Crippen molar-refractivity contribution in [3.05, 3.63) is 29.8 Å². The third-order valence-corrected chi connectivity index (χ3v) is 1.59. The zero-order chi connectivity index (χ0) is 12.1. The van der Waals surface area contributed by atoms with Gasteiger partial charge >= 0.3 is 0 Å². The van der Waals surface area contributed by atoms with E-state index in [4.69, 9.17) is 0 Å². The molecule has 0 unspecified atom stereocenters. The van der Waals surface area contributed by atoms with Gasteiger partial charge in [-0.05, 0) is 11.6 Å². The third kappa shape index (κ3) is 6.72. The van der Waals surface area contributed by atoms with E-state index in [1.165, 1.54) is 0 Å². The molecule has 0 saturated heterocycles. The van der Waals surface area contributed by atoms with Crippen molar-refractivity contribution in [1.82, 2.24) is 0 Å². The molecule has 0 aliphatic carbocycles. The molecular formula is C13H23NO. The fraction of sp³-hybridized carbons (Fsp3) is 0.462. The summed E-state index contributed by atoms with van der Waals surface area (Å²) in [6.07, 6.45) is 1.40. The van der Waals surface area contributed by atoms with Crippen LogP contribution >= 0.6 is 0 Å². The molecule has 2 nitrogen and oxygen atoms in total. The van der Waals surface area contributed by atoms with E-state index in [1.54, 1.807) is 0 Å². The van der Waals surface area contributed by atoms with Gasteiger partial charge in [0.05, 0.1) is 0 Å². The number of rotatable bonds is 3. The van der Waals surface area contributed by atoms with Gasteiger partial charge in [-0.2, -0.15) is 0 Å². The molecule has 0 spiro atoms. The molecule has 0 aromatic heterocycles. The number of benzene rings is 1. The molecular weight excluding hydrogens is 186 g/mol. The normalized spacial score (nSPS) is 7.53. The van der Waals surface area contributed by atoms with Crippen LogP contribution < -0.4 is 5.32 Å². The van der Waals surface area contributed by atoms with Gasteiger partial charge in [-0.15, -0.1) is 0 Å². The molecule has 0 amide bonds. The van der Waals surface area contributed by atoms with Gasteiger partial charge in [0.1, 0.15) is 6.29 Å². The molecule has 15 heavy (non-hydrogen) atoms. The number of carbonyl (C=O) groups excluding carboxylic acids is 1. The first-order chi connectivity index (χ1) is 7.38. The number of carbonyl (C=O) groups is 1. The lowest BCUT2D eigenvalue weighted by Gasteiger charge is -2.04. The van der Waals surface area contributed by atoms with Crippen LogP contribution in [0.4, 0.5) is 5.69 Å². The van der Waals surface area contributed by atoms with E-state index >= 15 is 0 Å². The van der Waals surface area contributed by atoms with Crippen LogP contribution in [0.1, 0.15) is 33.3 Å².